The molecule has 2 rings (SSSR count). The van der Waals surface area contributed by atoms with Gasteiger partial charge in [-0.15, -0.1) is 0 Å². The van der Waals surface area contributed by atoms with Gasteiger partial charge in [-0.3, -0.25) is 0 Å². The molecule has 1 atom stereocenters. The van der Waals surface area contributed by atoms with Crippen molar-refractivity contribution in [2.24, 2.45) is 5.73 Å². The van der Waals surface area contributed by atoms with Crippen LogP contribution < -0.4 is 10.5 Å². The first-order valence-corrected chi connectivity index (χ1v) is 6.19. The van der Waals surface area contributed by atoms with Crippen LogP contribution in [0.3, 0.4) is 0 Å². The molecule has 2 heteroatoms. The smallest absolute Gasteiger partial charge is 0.136 e. The van der Waals surface area contributed by atoms with Gasteiger partial charge in [0.25, 0.3) is 0 Å². The minimum Gasteiger partial charge on any atom is -0.484 e. The number of nitrogens with two attached hydrogens (primary N) is 1. The Kier molecular flexibility index (Phi) is 4.00. The monoisotopic (exact) mass is 241 g/mol. The van der Waals surface area contributed by atoms with E-state index in [0.717, 1.165) is 16.9 Å². The lowest BCUT2D eigenvalue weighted by Gasteiger charge is -2.19. The lowest BCUT2D eigenvalue weighted by atomic mass is 10.1. The number of benzene rings is 2. The predicted octanol–water partition coefficient (Wildman–Crippen LogP) is 3.38. The summed E-state index contributed by atoms with van der Waals surface area (Å²) in [6.45, 7) is 4.60. The lowest BCUT2D eigenvalue weighted by molar-refractivity contribution is 0.213. The number of hydrogen-bond donors (Lipinski definition) is 1. The van der Waals surface area contributed by atoms with Gasteiger partial charge in [0, 0.05) is 6.54 Å². The molecule has 0 fully saturated rings. The van der Waals surface area contributed by atoms with Gasteiger partial charge in [-0.1, -0.05) is 48.0 Å². The quantitative estimate of drug-likeness (QED) is 0.890. The van der Waals surface area contributed by atoms with Crippen LogP contribution in [0.4, 0.5) is 0 Å². The third-order valence-electron chi connectivity index (χ3n) is 2.99. The van der Waals surface area contributed by atoms with Gasteiger partial charge in [-0.05, 0) is 31.0 Å². The maximum Gasteiger partial charge on any atom is 0.136 e. The van der Waals surface area contributed by atoms with Crippen molar-refractivity contribution in [2.75, 3.05) is 6.54 Å². The summed E-state index contributed by atoms with van der Waals surface area (Å²) in [5.41, 5.74) is 9.30. The highest BCUT2D eigenvalue weighted by Gasteiger charge is 2.12. The molecule has 2 aromatic rings. The molecule has 1 unspecified atom stereocenters. The number of rotatable bonds is 4. The minimum absolute atomic E-state index is 0.0902. The molecular weight excluding hydrogens is 222 g/mol. The van der Waals surface area contributed by atoms with Gasteiger partial charge >= 0.3 is 0 Å². The third kappa shape index (κ3) is 2.90. The molecule has 0 aliphatic carbocycles. The first-order chi connectivity index (χ1) is 8.70. The van der Waals surface area contributed by atoms with Crippen LogP contribution in [0.5, 0.6) is 5.75 Å². The van der Waals surface area contributed by atoms with Gasteiger partial charge in [0.2, 0.25) is 0 Å². The Bertz CT molecular complexity index is 508. The van der Waals surface area contributed by atoms with Gasteiger partial charge in [0.1, 0.15) is 11.9 Å². The Balaban J connectivity index is 2.21. The Morgan fingerprint density at radius 1 is 1.06 bits per heavy atom. The zero-order valence-corrected chi connectivity index (χ0v) is 10.9. The third-order valence-corrected chi connectivity index (χ3v) is 2.99. The normalized spacial score (nSPS) is 12.2. The summed E-state index contributed by atoms with van der Waals surface area (Å²) in [6, 6.07) is 16.3. The van der Waals surface area contributed by atoms with Crippen LogP contribution in [0.1, 0.15) is 22.8 Å². The maximum absolute atomic E-state index is 6.01. The minimum atomic E-state index is -0.0902. The topological polar surface area (TPSA) is 35.2 Å². The van der Waals surface area contributed by atoms with Crippen LogP contribution in [0.25, 0.3) is 0 Å². The molecular formula is C16H19NO. The molecule has 0 radical (unpaired) electrons. The molecule has 0 aromatic heterocycles. The summed E-state index contributed by atoms with van der Waals surface area (Å²) >= 11 is 0. The summed E-state index contributed by atoms with van der Waals surface area (Å²) in [7, 11) is 0. The lowest BCUT2D eigenvalue weighted by Crippen LogP contribution is -2.18. The average Bonchev–Trinajstić information content (AvgIpc) is 2.39. The second kappa shape index (κ2) is 5.69. The fraction of sp³-hybridized carbons (Fsp3) is 0.250. The standard InChI is InChI=1S/C16H19NO/c1-12-8-9-15(13(2)10-12)18-16(11-17)14-6-4-3-5-7-14/h3-10,16H,11,17H2,1-2H3. The molecule has 0 saturated heterocycles. The van der Waals surface area contributed by atoms with Crippen molar-refractivity contribution in [1.29, 1.82) is 0 Å². The van der Waals surface area contributed by atoms with Crippen molar-refractivity contribution < 1.29 is 4.74 Å². The van der Waals surface area contributed by atoms with E-state index >= 15 is 0 Å². The molecule has 2 nitrogen and oxygen atoms in total. The summed E-state index contributed by atoms with van der Waals surface area (Å²) in [5, 5.41) is 0. The van der Waals surface area contributed by atoms with Crippen molar-refractivity contribution in [3.8, 4) is 5.75 Å². The molecule has 0 heterocycles. The van der Waals surface area contributed by atoms with Crippen LogP contribution in [0.15, 0.2) is 48.5 Å². The van der Waals surface area contributed by atoms with E-state index in [4.69, 9.17) is 10.5 Å². The highest BCUT2D eigenvalue weighted by molar-refractivity contribution is 5.36. The number of hydrogen-bond acceptors (Lipinski definition) is 2. The zero-order valence-electron chi connectivity index (χ0n) is 10.9. The van der Waals surface area contributed by atoms with E-state index in [1.165, 1.54) is 5.56 Å². The van der Waals surface area contributed by atoms with E-state index in [0.29, 0.717) is 6.54 Å². The molecule has 0 amide bonds. The predicted molar refractivity (Wildman–Crippen MR) is 74.8 cm³/mol. The molecule has 0 bridgehead atoms. The number of aryl methyl sites for hydroxylation is 2. The first kappa shape index (κ1) is 12.7. The second-order valence-corrected chi connectivity index (χ2v) is 4.52. The van der Waals surface area contributed by atoms with E-state index in [-0.39, 0.29) is 6.10 Å². The first-order valence-electron chi connectivity index (χ1n) is 6.19. The zero-order chi connectivity index (χ0) is 13.0. The Labute approximate surface area is 108 Å². The van der Waals surface area contributed by atoms with Gasteiger partial charge < -0.3 is 10.5 Å². The Morgan fingerprint density at radius 3 is 2.39 bits per heavy atom. The van der Waals surface area contributed by atoms with Crippen LogP contribution in [-0.2, 0) is 0 Å². The van der Waals surface area contributed by atoms with E-state index in [9.17, 15) is 0 Å². The Morgan fingerprint density at radius 2 is 1.78 bits per heavy atom. The van der Waals surface area contributed by atoms with Gasteiger partial charge in [-0.25, -0.2) is 0 Å². The van der Waals surface area contributed by atoms with Gasteiger partial charge in [-0.2, -0.15) is 0 Å². The number of ether oxygens (including phenoxy) is 1. The van der Waals surface area contributed by atoms with Crippen molar-refractivity contribution in [1.82, 2.24) is 0 Å². The van der Waals surface area contributed by atoms with E-state index < -0.39 is 0 Å². The summed E-state index contributed by atoms with van der Waals surface area (Å²) in [6.07, 6.45) is -0.0902. The second-order valence-electron chi connectivity index (χ2n) is 4.52. The molecule has 18 heavy (non-hydrogen) atoms. The van der Waals surface area contributed by atoms with Crippen molar-refractivity contribution >= 4 is 0 Å². The highest BCUT2D eigenvalue weighted by Crippen LogP contribution is 2.25. The highest BCUT2D eigenvalue weighted by atomic mass is 16.5. The molecule has 0 aliphatic heterocycles. The van der Waals surface area contributed by atoms with E-state index in [1.807, 2.05) is 36.4 Å². The van der Waals surface area contributed by atoms with Crippen LogP contribution >= 0.6 is 0 Å². The van der Waals surface area contributed by atoms with Crippen molar-refractivity contribution in [3.05, 3.63) is 65.2 Å². The van der Waals surface area contributed by atoms with Gasteiger partial charge in [0.05, 0.1) is 0 Å². The molecule has 0 saturated carbocycles. The average molecular weight is 241 g/mol. The van der Waals surface area contributed by atoms with Crippen molar-refractivity contribution in [2.45, 2.75) is 20.0 Å². The van der Waals surface area contributed by atoms with Gasteiger partial charge in [0.15, 0.2) is 0 Å². The molecule has 2 aromatic carbocycles. The summed E-state index contributed by atoms with van der Waals surface area (Å²) in [5.74, 6) is 0.903. The fourth-order valence-electron chi connectivity index (χ4n) is 2.00. The van der Waals surface area contributed by atoms with E-state index in [1.54, 1.807) is 0 Å². The van der Waals surface area contributed by atoms with Crippen LogP contribution in [0.2, 0.25) is 0 Å². The Hall–Kier alpha value is -1.80. The molecule has 2 N–H and O–H groups in total. The maximum atomic E-state index is 6.01. The fourth-order valence-corrected chi connectivity index (χ4v) is 2.00. The molecule has 94 valence electrons. The molecule has 0 aliphatic rings. The van der Waals surface area contributed by atoms with Crippen LogP contribution in [0, 0.1) is 13.8 Å². The summed E-state index contributed by atoms with van der Waals surface area (Å²) in [4.78, 5) is 0. The largest absolute Gasteiger partial charge is 0.484 e. The molecule has 0 spiro atoms. The van der Waals surface area contributed by atoms with Crippen molar-refractivity contribution in [3.63, 3.8) is 0 Å². The van der Waals surface area contributed by atoms with E-state index in [2.05, 4.69) is 26.0 Å². The van der Waals surface area contributed by atoms with Crippen LogP contribution in [-0.4, -0.2) is 6.54 Å². The SMILES string of the molecule is Cc1ccc(OC(CN)c2ccccc2)c(C)c1. The summed E-state index contributed by atoms with van der Waals surface area (Å²) < 4.78 is 6.01.